The van der Waals surface area contributed by atoms with Crippen molar-refractivity contribution in [3.8, 4) is 0 Å². The van der Waals surface area contributed by atoms with Crippen LogP contribution in [0.4, 0.5) is 0 Å². The van der Waals surface area contributed by atoms with Crippen molar-refractivity contribution in [2.24, 2.45) is 0 Å². The first-order chi connectivity index (χ1) is 12.2. The summed E-state index contributed by atoms with van der Waals surface area (Å²) < 4.78 is 5.63. The fourth-order valence-corrected chi connectivity index (χ4v) is 3.53. The number of nitrogens with zero attached hydrogens (tertiary/aromatic N) is 2. The number of carbonyl (C=O) groups excluding carboxylic acids is 1. The maximum atomic E-state index is 12.7. The van der Waals surface area contributed by atoms with E-state index < -0.39 is 6.10 Å². The van der Waals surface area contributed by atoms with Gasteiger partial charge < -0.3 is 14.4 Å². The van der Waals surface area contributed by atoms with Crippen molar-refractivity contribution in [3.05, 3.63) is 59.5 Å². The van der Waals surface area contributed by atoms with E-state index in [2.05, 4.69) is 17.0 Å². The molecule has 0 spiro atoms. The van der Waals surface area contributed by atoms with Gasteiger partial charge in [0.1, 0.15) is 5.76 Å². The Bertz CT molecular complexity index is 689. The highest BCUT2D eigenvalue weighted by atomic mass is 32.2. The minimum absolute atomic E-state index is 0.145. The van der Waals surface area contributed by atoms with Crippen LogP contribution in [0.5, 0.6) is 0 Å². The van der Waals surface area contributed by atoms with Gasteiger partial charge in [-0.15, -0.1) is 0 Å². The third kappa shape index (κ3) is 4.87. The fourth-order valence-electron chi connectivity index (χ4n) is 3.09. The van der Waals surface area contributed by atoms with Gasteiger partial charge in [0.15, 0.2) is 5.76 Å². The average molecular weight is 360 g/mol. The second-order valence-electron chi connectivity index (χ2n) is 6.32. The van der Waals surface area contributed by atoms with Crippen LogP contribution in [0.25, 0.3) is 0 Å². The van der Waals surface area contributed by atoms with E-state index in [1.54, 1.807) is 22.7 Å². The van der Waals surface area contributed by atoms with Gasteiger partial charge in [-0.25, -0.2) is 0 Å². The zero-order chi connectivity index (χ0) is 17.6. The van der Waals surface area contributed by atoms with Crippen LogP contribution in [0.2, 0.25) is 0 Å². The molecule has 25 heavy (non-hydrogen) atoms. The number of aliphatic hydroxyl groups excluding tert-OH is 1. The number of furan rings is 1. The summed E-state index contributed by atoms with van der Waals surface area (Å²) >= 11 is 1.65. The topological polar surface area (TPSA) is 56.9 Å². The average Bonchev–Trinajstić information content (AvgIpc) is 2.99. The Labute approximate surface area is 152 Å². The molecular formula is C19H24N2O3S. The minimum atomic E-state index is -0.559. The maximum absolute atomic E-state index is 12.7. The van der Waals surface area contributed by atoms with Crippen molar-refractivity contribution in [1.29, 1.82) is 0 Å². The Morgan fingerprint density at radius 2 is 2.00 bits per heavy atom. The fraction of sp³-hybridized carbons (Fsp3) is 0.421. The standard InChI is InChI=1S/C19H24N2O3S/c1-25-14-17-7-8-18(24-17)19(23)21-10-9-20(12-16(22)13-21)11-15-5-3-2-4-6-15/h2-8,16,22H,9-14H2,1H3/t16-/m0/s1. The van der Waals surface area contributed by atoms with Gasteiger partial charge in [0.25, 0.3) is 5.91 Å². The number of carbonyl (C=O) groups is 1. The van der Waals surface area contributed by atoms with Crippen LogP contribution in [0, 0.1) is 0 Å². The predicted molar refractivity (Wildman–Crippen MR) is 99.6 cm³/mol. The lowest BCUT2D eigenvalue weighted by atomic mass is 10.2. The lowest BCUT2D eigenvalue weighted by Crippen LogP contribution is -2.37. The number of benzene rings is 1. The van der Waals surface area contributed by atoms with Crippen molar-refractivity contribution in [2.75, 3.05) is 32.4 Å². The van der Waals surface area contributed by atoms with Crippen LogP contribution < -0.4 is 0 Å². The normalized spacial score (nSPS) is 19.0. The van der Waals surface area contributed by atoms with Gasteiger partial charge in [-0.2, -0.15) is 11.8 Å². The van der Waals surface area contributed by atoms with Crippen LogP contribution >= 0.6 is 11.8 Å². The molecule has 1 fully saturated rings. The van der Waals surface area contributed by atoms with Gasteiger partial charge in [0, 0.05) is 32.7 Å². The van der Waals surface area contributed by atoms with Gasteiger partial charge in [-0.3, -0.25) is 9.69 Å². The number of β-amino-alcohol motifs (C(OH)–C–C–N with tert-alkyl or cyclic N) is 1. The first-order valence-corrected chi connectivity index (χ1v) is 9.86. The summed E-state index contributed by atoms with van der Waals surface area (Å²) in [4.78, 5) is 16.6. The molecule has 1 aliphatic rings. The van der Waals surface area contributed by atoms with Crippen LogP contribution in [0.3, 0.4) is 0 Å². The molecule has 1 aliphatic heterocycles. The van der Waals surface area contributed by atoms with Crippen LogP contribution in [0.1, 0.15) is 21.9 Å². The Kier molecular flexibility index (Phi) is 6.18. The number of amides is 1. The van der Waals surface area contributed by atoms with E-state index in [0.29, 0.717) is 25.4 Å². The highest BCUT2D eigenvalue weighted by Crippen LogP contribution is 2.17. The molecule has 0 saturated carbocycles. The van der Waals surface area contributed by atoms with Crippen LogP contribution in [-0.4, -0.2) is 59.4 Å². The van der Waals surface area contributed by atoms with E-state index in [0.717, 1.165) is 24.6 Å². The zero-order valence-corrected chi connectivity index (χ0v) is 15.2. The van der Waals surface area contributed by atoms with Gasteiger partial charge in [0.2, 0.25) is 0 Å². The van der Waals surface area contributed by atoms with Gasteiger partial charge in [-0.1, -0.05) is 30.3 Å². The Morgan fingerprint density at radius 3 is 2.76 bits per heavy atom. The lowest BCUT2D eigenvalue weighted by molar-refractivity contribution is 0.0633. The third-order valence-corrected chi connectivity index (χ3v) is 4.85. The molecule has 0 radical (unpaired) electrons. The highest BCUT2D eigenvalue weighted by molar-refractivity contribution is 7.97. The molecule has 1 aromatic carbocycles. The second-order valence-corrected chi connectivity index (χ2v) is 7.19. The summed E-state index contributed by atoms with van der Waals surface area (Å²) in [5, 5.41) is 10.3. The van der Waals surface area contributed by atoms with Gasteiger partial charge >= 0.3 is 0 Å². The Morgan fingerprint density at radius 1 is 1.20 bits per heavy atom. The smallest absolute Gasteiger partial charge is 0.289 e. The molecule has 2 aromatic rings. The van der Waals surface area contributed by atoms with Crippen LogP contribution in [0.15, 0.2) is 46.9 Å². The largest absolute Gasteiger partial charge is 0.455 e. The zero-order valence-electron chi connectivity index (χ0n) is 14.4. The molecule has 2 heterocycles. The number of hydrogen-bond donors (Lipinski definition) is 1. The quantitative estimate of drug-likeness (QED) is 0.888. The molecule has 0 aliphatic carbocycles. The maximum Gasteiger partial charge on any atom is 0.289 e. The molecule has 3 rings (SSSR count). The predicted octanol–water partition coefficient (Wildman–Crippen LogP) is 2.46. The molecular weight excluding hydrogens is 336 g/mol. The summed E-state index contributed by atoms with van der Waals surface area (Å²) in [6.07, 6.45) is 1.44. The summed E-state index contributed by atoms with van der Waals surface area (Å²) in [6.45, 7) is 2.99. The summed E-state index contributed by atoms with van der Waals surface area (Å²) in [7, 11) is 0. The monoisotopic (exact) mass is 360 g/mol. The van der Waals surface area contributed by atoms with Gasteiger partial charge in [-0.05, 0) is 24.0 Å². The van der Waals surface area contributed by atoms with E-state index in [-0.39, 0.29) is 5.91 Å². The summed E-state index contributed by atoms with van der Waals surface area (Å²) in [5.41, 5.74) is 1.21. The highest BCUT2D eigenvalue weighted by Gasteiger charge is 2.26. The van der Waals surface area contributed by atoms with Crippen LogP contribution in [-0.2, 0) is 12.3 Å². The van der Waals surface area contributed by atoms with E-state index in [9.17, 15) is 9.90 Å². The molecule has 5 nitrogen and oxygen atoms in total. The molecule has 1 aromatic heterocycles. The molecule has 6 heteroatoms. The number of hydrogen-bond acceptors (Lipinski definition) is 5. The van der Waals surface area contributed by atoms with E-state index in [1.807, 2.05) is 30.5 Å². The Balaban J connectivity index is 1.62. The SMILES string of the molecule is CSCc1ccc(C(=O)N2CCN(Cc3ccccc3)C[C@H](O)C2)o1. The van der Waals surface area contributed by atoms with Crippen molar-refractivity contribution >= 4 is 17.7 Å². The lowest BCUT2D eigenvalue weighted by Gasteiger charge is -2.21. The molecule has 1 N–H and O–H groups in total. The third-order valence-electron chi connectivity index (χ3n) is 4.28. The van der Waals surface area contributed by atoms with E-state index in [1.165, 1.54) is 5.56 Å². The van der Waals surface area contributed by atoms with Crippen molar-refractivity contribution in [1.82, 2.24) is 9.80 Å². The summed E-state index contributed by atoms with van der Waals surface area (Å²) in [5.74, 6) is 1.76. The van der Waals surface area contributed by atoms with Crippen molar-refractivity contribution in [2.45, 2.75) is 18.4 Å². The van der Waals surface area contributed by atoms with E-state index >= 15 is 0 Å². The van der Waals surface area contributed by atoms with Crippen molar-refractivity contribution in [3.63, 3.8) is 0 Å². The first-order valence-electron chi connectivity index (χ1n) is 8.47. The number of aliphatic hydroxyl groups is 1. The summed E-state index contributed by atoms with van der Waals surface area (Å²) in [6, 6.07) is 13.8. The molecule has 0 unspecified atom stereocenters. The van der Waals surface area contributed by atoms with E-state index in [4.69, 9.17) is 4.42 Å². The van der Waals surface area contributed by atoms with Gasteiger partial charge in [0.05, 0.1) is 11.9 Å². The molecule has 1 saturated heterocycles. The molecule has 134 valence electrons. The molecule has 1 amide bonds. The molecule has 0 bridgehead atoms. The van der Waals surface area contributed by atoms with Crippen molar-refractivity contribution < 1.29 is 14.3 Å². The number of rotatable bonds is 5. The Hall–Kier alpha value is -1.76. The number of thioether (sulfide) groups is 1. The minimum Gasteiger partial charge on any atom is -0.455 e. The second kappa shape index (κ2) is 8.56. The first kappa shape index (κ1) is 18.0. The molecule has 1 atom stereocenters.